The van der Waals surface area contributed by atoms with Gasteiger partial charge < -0.3 is 5.73 Å². The van der Waals surface area contributed by atoms with Crippen LogP contribution in [0.4, 0.5) is 0 Å². The van der Waals surface area contributed by atoms with Gasteiger partial charge in [-0.1, -0.05) is 36.4 Å². The molecule has 110 valence electrons. The third-order valence-corrected chi connectivity index (χ3v) is 3.55. The first-order chi connectivity index (χ1) is 10.7. The fourth-order valence-corrected chi connectivity index (χ4v) is 2.19. The minimum absolute atomic E-state index is 0.214. The molecule has 0 spiro atoms. The van der Waals surface area contributed by atoms with Gasteiger partial charge in [-0.05, 0) is 24.4 Å². The normalized spacial score (nSPS) is 11.1. The van der Waals surface area contributed by atoms with E-state index < -0.39 is 0 Å². The van der Waals surface area contributed by atoms with Crippen LogP contribution in [0.25, 0.3) is 16.9 Å². The van der Waals surface area contributed by atoms with E-state index >= 15 is 0 Å². The summed E-state index contributed by atoms with van der Waals surface area (Å²) in [6.45, 7) is 0. The number of fused-ring (bicyclic) bond motifs is 1. The van der Waals surface area contributed by atoms with E-state index in [2.05, 4.69) is 5.10 Å². The molecule has 0 radical (unpaired) electrons. The lowest BCUT2D eigenvalue weighted by molar-refractivity contribution is 0.552. The van der Waals surface area contributed by atoms with E-state index in [1.807, 2.05) is 59.1 Å². The first-order valence-electron chi connectivity index (χ1n) is 6.76. The maximum absolute atomic E-state index is 5.56. The van der Waals surface area contributed by atoms with Crippen molar-refractivity contribution in [3.8, 4) is 11.3 Å². The van der Waals surface area contributed by atoms with Crippen LogP contribution in [0.3, 0.4) is 0 Å². The molecule has 0 aliphatic rings. The van der Waals surface area contributed by atoms with Crippen molar-refractivity contribution in [3.63, 3.8) is 0 Å². The van der Waals surface area contributed by atoms with Gasteiger partial charge in [-0.2, -0.15) is 5.10 Å². The number of hydrazone groups is 1. The number of benzene rings is 1. The van der Waals surface area contributed by atoms with E-state index in [0.717, 1.165) is 22.6 Å². The van der Waals surface area contributed by atoms with Gasteiger partial charge in [0.25, 0.3) is 0 Å². The lowest BCUT2D eigenvalue weighted by Gasteiger charge is -2.09. The minimum atomic E-state index is 0.214. The first kappa shape index (κ1) is 14.2. The second kappa shape index (κ2) is 5.95. The molecule has 0 aliphatic carbocycles. The first-order valence-corrected chi connectivity index (χ1v) is 7.17. The van der Waals surface area contributed by atoms with E-state index in [4.69, 9.17) is 22.9 Å². The highest BCUT2D eigenvalue weighted by molar-refractivity contribution is 7.80. The van der Waals surface area contributed by atoms with Gasteiger partial charge in [-0.25, -0.2) is 9.99 Å². The number of nitrogens with zero attached hydrogens (tertiary/aromatic N) is 4. The van der Waals surface area contributed by atoms with Crippen LogP contribution >= 0.6 is 12.2 Å². The van der Waals surface area contributed by atoms with Gasteiger partial charge in [0.15, 0.2) is 5.11 Å². The quantitative estimate of drug-likeness (QED) is 0.459. The Morgan fingerprint density at radius 2 is 1.95 bits per heavy atom. The number of pyridine rings is 1. The highest BCUT2D eigenvalue weighted by Gasteiger charge is 2.12. The van der Waals surface area contributed by atoms with E-state index in [0.29, 0.717) is 0 Å². The van der Waals surface area contributed by atoms with Crippen LogP contribution in [0.5, 0.6) is 0 Å². The van der Waals surface area contributed by atoms with Gasteiger partial charge in [0.2, 0.25) is 0 Å². The fraction of sp³-hybridized carbons (Fsp3) is 0.0625. The smallest absolute Gasteiger partial charge is 0.186 e. The maximum atomic E-state index is 5.56. The second-order valence-corrected chi connectivity index (χ2v) is 5.17. The molecule has 0 saturated carbocycles. The largest absolute Gasteiger partial charge is 0.375 e. The lowest BCUT2D eigenvalue weighted by Crippen LogP contribution is -2.27. The number of rotatable bonds is 3. The molecule has 0 aliphatic heterocycles. The Hall–Kier alpha value is -2.73. The van der Waals surface area contributed by atoms with Crippen molar-refractivity contribution < 1.29 is 0 Å². The Morgan fingerprint density at radius 3 is 2.68 bits per heavy atom. The molecule has 2 aromatic heterocycles. The summed E-state index contributed by atoms with van der Waals surface area (Å²) in [6, 6.07) is 15.9. The van der Waals surface area contributed by atoms with Gasteiger partial charge in [0.05, 0.1) is 17.6 Å². The molecule has 22 heavy (non-hydrogen) atoms. The summed E-state index contributed by atoms with van der Waals surface area (Å²) in [5.74, 6) is 0. The molecule has 0 atom stereocenters. The summed E-state index contributed by atoms with van der Waals surface area (Å²) in [5, 5.41) is 5.95. The molecule has 1 aromatic carbocycles. The zero-order valence-electron chi connectivity index (χ0n) is 12.0. The van der Waals surface area contributed by atoms with Gasteiger partial charge in [-0.3, -0.25) is 4.40 Å². The Kier molecular flexibility index (Phi) is 3.84. The number of hydrogen-bond acceptors (Lipinski definition) is 3. The van der Waals surface area contributed by atoms with E-state index in [1.54, 1.807) is 13.3 Å². The third-order valence-electron chi connectivity index (χ3n) is 3.29. The SMILES string of the molecule is CN(/N=C\c1c(-c2ccccc2)nc2ccccn12)C(N)=S. The van der Waals surface area contributed by atoms with Crippen molar-refractivity contribution in [1.82, 2.24) is 14.4 Å². The van der Waals surface area contributed by atoms with Crippen molar-refractivity contribution in [3.05, 3.63) is 60.4 Å². The van der Waals surface area contributed by atoms with Crippen LogP contribution in [0, 0.1) is 0 Å². The predicted molar refractivity (Wildman–Crippen MR) is 92.8 cm³/mol. The van der Waals surface area contributed by atoms with Gasteiger partial charge >= 0.3 is 0 Å². The van der Waals surface area contributed by atoms with E-state index in [9.17, 15) is 0 Å². The zero-order chi connectivity index (χ0) is 15.5. The number of imidazole rings is 1. The molecular weight excluding hydrogens is 294 g/mol. The fourth-order valence-electron chi connectivity index (χ4n) is 2.14. The topological polar surface area (TPSA) is 58.9 Å². The second-order valence-electron chi connectivity index (χ2n) is 4.75. The highest BCUT2D eigenvalue weighted by Crippen LogP contribution is 2.23. The van der Waals surface area contributed by atoms with Crippen molar-refractivity contribution in [2.24, 2.45) is 10.8 Å². The van der Waals surface area contributed by atoms with Crippen LogP contribution in [0.1, 0.15) is 5.69 Å². The Balaban J connectivity index is 2.16. The zero-order valence-corrected chi connectivity index (χ0v) is 12.9. The molecule has 0 unspecified atom stereocenters. The van der Waals surface area contributed by atoms with Crippen molar-refractivity contribution >= 4 is 29.2 Å². The van der Waals surface area contributed by atoms with Crippen LogP contribution < -0.4 is 5.73 Å². The van der Waals surface area contributed by atoms with Crippen molar-refractivity contribution in [2.45, 2.75) is 0 Å². The minimum Gasteiger partial charge on any atom is -0.375 e. The van der Waals surface area contributed by atoms with E-state index in [1.165, 1.54) is 5.01 Å². The highest BCUT2D eigenvalue weighted by atomic mass is 32.1. The van der Waals surface area contributed by atoms with Crippen LogP contribution in [0.2, 0.25) is 0 Å². The van der Waals surface area contributed by atoms with Crippen LogP contribution in [-0.4, -0.2) is 32.8 Å². The Labute approximate surface area is 133 Å². The third kappa shape index (κ3) is 2.68. The average molecular weight is 309 g/mol. The van der Waals surface area contributed by atoms with Gasteiger partial charge in [-0.15, -0.1) is 0 Å². The molecule has 0 amide bonds. The maximum Gasteiger partial charge on any atom is 0.186 e. The van der Waals surface area contributed by atoms with E-state index in [-0.39, 0.29) is 5.11 Å². The summed E-state index contributed by atoms with van der Waals surface area (Å²) >= 11 is 4.90. The summed E-state index contributed by atoms with van der Waals surface area (Å²) in [6.07, 6.45) is 3.68. The van der Waals surface area contributed by atoms with Crippen LogP contribution in [-0.2, 0) is 0 Å². The van der Waals surface area contributed by atoms with Crippen LogP contribution in [0.15, 0.2) is 59.8 Å². The Bertz CT molecular complexity index is 838. The number of hydrogen-bond donors (Lipinski definition) is 1. The molecule has 2 heterocycles. The lowest BCUT2D eigenvalue weighted by atomic mass is 10.1. The molecule has 3 rings (SSSR count). The van der Waals surface area contributed by atoms with Crippen molar-refractivity contribution in [2.75, 3.05) is 7.05 Å². The summed E-state index contributed by atoms with van der Waals surface area (Å²) < 4.78 is 1.99. The molecule has 0 saturated heterocycles. The molecular formula is C16H15N5S. The molecule has 0 fully saturated rings. The van der Waals surface area contributed by atoms with Gasteiger partial charge in [0, 0.05) is 18.8 Å². The standard InChI is InChI=1S/C16H15N5S/c1-20(16(17)22)18-11-13-15(12-7-3-2-4-8-12)19-14-9-5-6-10-21(13)14/h2-11H,1H3,(H2,17,22)/b18-11-. The molecule has 5 nitrogen and oxygen atoms in total. The van der Waals surface area contributed by atoms with Crippen molar-refractivity contribution in [1.29, 1.82) is 0 Å². The number of nitrogens with two attached hydrogens (primary N) is 1. The molecule has 0 bridgehead atoms. The monoisotopic (exact) mass is 309 g/mol. The number of thiocarbonyl (C=S) groups is 1. The average Bonchev–Trinajstić information content (AvgIpc) is 2.92. The Morgan fingerprint density at radius 1 is 1.23 bits per heavy atom. The number of aromatic nitrogens is 2. The van der Waals surface area contributed by atoms with Gasteiger partial charge in [0.1, 0.15) is 5.65 Å². The predicted octanol–water partition coefficient (Wildman–Crippen LogP) is 2.51. The summed E-state index contributed by atoms with van der Waals surface area (Å²) in [4.78, 5) is 4.69. The summed E-state index contributed by atoms with van der Waals surface area (Å²) in [5.41, 5.74) is 9.20. The molecule has 6 heteroatoms. The summed E-state index contributed by atoms with van der Waals surface area (Å²) in [7, 11) is 1.71. The molecule has 2 N–H and O–H groups in total. The molecule has 3 aromatic rings.